The van der Waals surface area contributed by atoms with Gasteiger partial charge in [0, 0.05) is 7.05 Å². The maximum absolute atomic E-state index is 11.5. The van der Waals surface area contributed by atoms with Crippen molar-refractivity contribution < 1.29 is 4.79 Å². The van der Waals surface area contributed by atoms with Gasteiger partial charge in [0.2, 0.25) is 0 Å². The molecule has 1 amide bonds. The minimum atomic E-state index is -0.146. The van der Waals surface area contributed by atoms with E-state index in [1.165, 1.54) is 17.3 Å². The molecule has 1 rings (SSSR count). The van der Waals surface area contributed by atoms with Crippen molar-refractivity contribution in [2.24, 2.45) is 0 Å². The zero-order chi connectivity index (χ0) is 9.68. The van der Waals surface area contributed by atoms with Gasteiger partial charge in [-0.3, -0.25) is 4.79 Å². The molecule has 0 aliphatic rings. The summed E-state index contributed by atoms with van der Waals surface area (Å²) >= 11 is 0. The molecule has 0 fully saturated rings. The van der Waals surface area contributed by atoms with Crippen molar-refractivity contribution in [1.29, 1.82) is 0 Å². The lowest BCUT2D eigenvalue weighted by molar-refractivity contribution is 0.0812. The molecule has 0 aromatic carbocycles. The van der Waals surface area contributed by atoms with Gasteiger partial charge < -0.3 is 4.90 Å². The van der Waals surface area contributed by atoms with E-state index in [-0.39, 0.29) is 5.91 Å². The molecule has 0 bridgehead atoms. The second-order valence-electron chi connectivity index (χ2n) is 2.50. The highest BCUT2D eigenvalue weighted by molar-refractivity contribution is 5.93. The third-order valence-corrected chi connectivity index (χ3v) is 1.51. The van der Waals surface area contributed by atoms with Crippen molar-refractivity contribution in [1.82, 2.24) is 15.1 Å². The van der Waals surface area contributed by atoms with Crippen molar-refractivity contribution in [2.75, 3.05) is 13.6 Å². The van der Waals surface area contributed by atoms with Gasteiger partial charge >= 0.3 is 0 Å². The van der Waals surface area contributed by atoms with Crippen LogP contribution in [-0.2, 0) is 0 Å². The Bertz CT molecular complexity index is 328. The van der Waals surface area contributed by atoms with Crippen LogP contribution in [0.25, 0.3) is 0 Å². The zero-order valence-electron chi connectivity index (χ0n) is 7.27. The van der Waals surface area contributed by atoms with Crippen molar-refractivity contribution in [3.63, 3.8) is 0 Å². The molecule has 0 radical (unpaired) electrons. The first-order valence-corrected chi connectivity index (χ1v) is 3.71. The first kappa shape index (κ1) is 9.20. The second-order valence-corrected chi connectivity index (χ2v) is 2.50. The third kappa shape index (κ3) is 2.27. The average molecular weight is 175 g/mol. The highest BCUT2D eigenvalue weighted by Crippen LogP contribution is 1.98. The molecule has 4 nitrogen and oxygen atoms in total. The first-order valence-electron chi connectivity index (χ1n) is 3.71. The number of nitrogens with zero attached hydrogens (tertiary/aromatic N) is 3. The predicted octanol–water partition coefficient (Wildman–Crippen LogP) is 0.182. The number of carbonyl (C=O) groups is 1. The Hall–Kier alpha value is -1.89. The van der Waals surface area contributed by atoms with E-state index < -0.39 is 0 Å². The Kier molecular flexibility index (Phi) is 2.98. The monoisotopic (exact) mass is 175 g/mol. The number of hydrogen-bond acceptors (Lipinski definition) is 3. The number of rotatable bonds is 2. The van der Waals surface area contributed by atoms with E-state index in [1.54, 1.807) is 13.1 Å². The maximum atomic E-state index is 11.5. The fourth-order valence-electron chi connectivity index (χ4n) is 0.846. The highest BCUT2D eigenvalue weighted by atomic mass is 16.2. The van der Waals surface area contributed by atoms with Crippen LogP contribution in [0.5, 0.6) is 0 Å². The van der Waals surface area contributed by atoms with Gasteiger partial charge in [-0.15, -0.1) is 6.42 Å². The summed E-state index contributed by atoms with van der Waals surface area (Å²) in [5.74, 6) is 2.24. The van der Waals surface area contributed by atoms with Crippen LogP contribution < -0.4 is 0 Å². The number of amides is 1. The van der Waals surface area contributed by atoms with E-state index in [9.17, 15) is 4.79 Å². The molecule has 1 heterocycles. The molecule has 0 saturated heterocycles. The van der Waals surface area contributed by atoms with Gasteiger partial charge in [0.1, 0.15) is 0 Å². The van der Waals surface area contributed by atoms with E-state index >= 15 is 0 Å². The molecular formula is C9H9N3O. The summed E-state index contributed by atoms with van der Waals surface area (Å²) < 4.78 is 0. The number of terminal acetylenes is 1. The van der Waals surface area contributed by atoms with Crippen molar-refractivity contribution in [3.8, 4) is 12.3 Å². The summed E-state index contributed by atoms with van der Waals surface area (Å²) in [5, 5.41) is 7.17. The third-order valence-electron chi connectivity index (χ3n) is 1.51. The predicted molar refractivity (Wildman–Crippen MR) is 47.8 cm³/mol. The molecule has 0 aliphatic carbocycles. The van der Waals surface area contributed by atoms with Gasteiger partial charge in [0.05, 0.1) is 24.5 Å². The van der Waals surface area contributed by atoms with Gasteiger partial charge in [0.15, 0.2) is 0 Å². The topological polar surface area (TPSA) is 46.1 Å². The zero-order valence-corrected chi connectivity index (χ0v) is 7.27. The normalized spacial score (nSPS) is 8.92. The van der Waals surface area contributed by atoms with Crippen molar-refractivity contribution >= 4 is 5.91 Å². The van der Waals surface area contributed by atoms with Gasteiger partial charge in [-0.1, -0.05) is 5.92 Å². The van der Waals surface area contributed by atoms with Crippen LogP contribution >= 0.6 is 0 Å². The van der Waals surface area contributed by atoms with E-state index in [1.807, 2.05) is 0 Å². The Labute approximate surface area is 76.6 Å². The lowest BCUT2D eigenvalue weighted by Crippen LogP contribution is -2.27. The number of aromatic nitrogens is 2. The average Bonchev–Trinajstić information content (AvgIpc) is 2.18. The van der Waals surface area contributed by atoms with E-state index in [4.69, 9.17) is 6.42 Å². The first-order chi connectivity index (χ1) is 6.25. The van der Waals surface area contributed by atoms with Crippen LogP contribution in [0.4, 0.5) is 0 Å². The highest BCUT2D eigenvalue weighted by Gasteiger charge is 2.09. The van der Waals surface area contributed by atoms with Crippen molar-refractivity contribution in [2.45, 2.75) is 0 Å². The van der Waals surface area contributed by atoms with Crippen LogP contribution in [-0.4, -0.2) is 34.6 Å². The quantitative estimate of drug-likeness (QED) is 0.602. The van der Waals surface area contributed by atoms with E-state index in [0.717, 1.165) is 0 Å². The largest absolute Gasteiger partial charge is 0.331 e. The maximum Gasteiger partial charge on any atom is 0.256 e. The molecule has 13 heavy (non-hydrogen) atoms. The summed E-state index contributed by atoms with van der Waals surface area (Å²) in [6, 6.07) is 1.60. The van der Waals surface area contributed by atoms with Gasteiger partial charge in [-0.25, -0.2) is 0 Å². The molecule has 0 saturated carbocycles. The Morgan fingerprint density at radius 2 is 2.46 bits per heavy atom. The molecule has 0 atom stereocenters. The molecule has 4 heteroatoms. The standard InChI is InChI=1S/C9H9N3O/c1-3-6-12(2)9(13)8-4-5-10-11-7-8/h1,4-5,7H,6H2,2H3. The minimum Gasteiger partial charge on any atom is -0.331 e. The van der Waals surface area contributed by atoms with Crippen LogP contribution in [0.15, 0.2) is 18.5 Å². The minimum absolute atomic E-state index is 0.146. The molecular weight excluding hydrogens is 166 g/mol. The summed E-state index contributed by atoms with van der Waals surface area (Å²) in [6.45, 7) is 0.293. The van der Waals surface area contributed by atoms with Gasteiger partial charge in [0.25, 0.3) is 5.91 Å². The number of hydrogen-bond donors (Lipinski definition) is 0. The fraction of sp³-hybridized carbons (Fsp3) is 0.222. The molecule has 66 valence electrons. The SMILES string of the molecule is C#CCN(C)C(=O)c1ccnnc1. The molecule has 0 unspecified atom stereocenters. The van der Waals surface area contributed by atoms with Crippen LogP contribution in [0, 0.1) is 12.3 Å². The fourth-order valence-corrected chi connectivity index (χ4v) is 0.846. The smallest absolute Gasteiger partial charge is 0.256 e. The van der Waals surface area contributed by atoms with E-state index in [2.05, 4.69) is 16.1 Å². The second kappa shape index (κ2) is 4.21. The molecule has 0 spiro atoms. The summed E-state index contributed by atoms with van der Waals surface area (Å²) in [6.07, 6.45) is 7.95. The summed E-state index contributed by atoms with van der Waals surface area (Å²) in [5.41, 5.74) is 0.493. The Balaban J connectivity index is 2.75. The Morgan fingerprint density at radius 1 is 1.69 bits per heavy atom. The van der Waals surface area contributed by atoms with E-state index in [0.29, 0.717) is 12.1 Å². The molecule has 0 N–H and O–H groups in total. The lowest BCUT2D eigenvalue weighted by Gasteiger charge is -2.12. The van der Waals surface area contributed by atoms with Gasteiger partial charge in [-0.05, 0) is 6.07 Å². The molecule has 0 aliphatic heterocycles. The molecule has 1 aromatic heterocycles. The van der Waals surface area contributed by atoms with Crippen LogP contribution in [0.1, 0.15) is 10.4 Å². The summed E-state index contributed by atoms with van der Waals surface area (Å²) in [7, 11) is 1.64. The summed E-state index contributed by atoms with van der Waals surface area (Å²) in [4.78, 5) is 12.9. The molecule has 1 aromatic rings. The van der Waals surface area contributed by atoms with Crippen LogP contribution in [0.3, 0.4) is 0 Å². The Morgan fingerprint density at radius 3 is 3.00 bits per heavy atom. The van der Waals surface area contributed by atoms with Crippen molar-refractivity contribution in [3.05, 3.63) is 24.0 Å². The lowest BCUT2D eigenvalue weighted by atomic mass is 10.3. The number of carbonyl (C=O) groups excluding carboxylic acids is 1. The van der Waals surface area contributed by atoms with Crippen LogP contribution in [0.2, 0.25) is 0 Å². The van der Waals surface area contributed by atoms with Gasteiger partial charge in [-0.2, -0.15) is 10.2 Å².